The summed E-state index contributed by atoms with van der Waals surface area (Å²) in [7, 11) is 0. The number of nitrogens with one attached hydrogen (secondary N) is 1. The van der Waals surface area contributed by atoms with E-state index in [2.05, 4.69) is 127 Å². The van der Waals surface area contributed by atoms with Crippen LogP contribution in [-0.2, 0) is 0 Å². The van der Waals surface area contributed by atoms with Crippen LogP contribution in [0.4, 0.5) is 5.69 Å². The zero-order chi connectivity index (χ0) is 24.1. The Balaban J connectivity index is 1.64. The Labute approximate surface area is 209 Å². The molecular weight excluding hydrogens is 436 g/mol. The van der Waals surface area contributed by atoms with Crippen LogP contribution >= 0.6 is 0 Å². The molecule has 7 rings (SSSR count). The Morgan fingerprint density at radius 3 is 1.75 bits per heavy atom. The molecule has 0 amide bonds. The Bertz CT molecular complexity index is 1910. The van der Waals surface area contributed by atoms with E-state index in [1.807, 2.05) is 6.07 Å². The van der Waals surface area contributed by atoms with Crippen molar-refractivity contribution >= 4 is 48.8 Å². The van der Waals surface area contributed by atoms with Gasteiger partial charge in [0.15, 0.2) is 0 Å². The van der Waals surface area contributed by atoms with Crippen LogP contribution in [0.2, 0.25) is 0 Å². The van der Waals surface area contributed by atoms with E-state index >= 15 is 0 Å². The second kappa shape index (κ2) is 8.23. The van der Waals surface area contributed by atoms with Gasteiger partial charge < -0.3 is 5.43 Å². The molecule has 36 heavy (non-hydrogen) atoms. The minimum atomic E-state index is 0.947. The molecule has 0 spiro atoms. The summed E-state index contributed by atoms with van der Waals surface area (Å²) >= 11 is 0. The van der Waals surface area contributed by atoms with Gasteiger partial charge >= 0.3 is 0 Å². The maximum Gasteiger partial charge on any atom is 0.0654 e. The van der Waals surface area contributed by atoms with E-state index in [-0.39, 0.29) is 0 Å². The van der Waals surface area contributed by atoms with Crippen LogP contribution in [0, 0.1) is 0 Å². The molecule has 0 saturated heterocycles. The summed E-state index contributed by atoms with van der Waals surface area (Å²) in [5, 5.41) is 9.79. The number of benzene rings is 7. The number of fused-ring (bicyclic) bond motifs is 7. The van der Waals surface area contributed by atoms with Gasteiger partial charge in [0.1, 0.15) is 0 Å². The van der Waals surface area contributed by atoms with Crippen molar-refractivity contribution in [2.45, 2.75) is 0 Å². The lowest BCUT2D eigenvalue weighted by Gasteiger charge is -2.20. The molecule has 0 aliphatic carbocycles. The summed E-state index contributed by atoms with van der Waals surface area (Å²) < 4.78 is 0. The predicted molar refractivity (Wildman–Crippen MR) is 155 cm³/mol. The third-order valence-electron chi connectivity index (χ3n) is 7.32. The number of hydrogen-bond acceptors (Lipinski definition) is 2. The summed E-state index contributed by atoms with van der Waals surface area (Å²) in [5.41, 5.74) is 8.64. The molecule has 2 heteroatoms. The molecule has 0 heterocycles. The predicted octanol–water partition coefficient (Wildman–Crippen LogP) is 8.92. The van der Waals surface area contributed by atoms with Gasteiger partial charge in [-0.2, -0.15) is 0 Å². The van der Waals surface area contributed by atoms with Crippen LogP contribution in [0.25, 0.3) is 65.3 Å². The molecule has 0 saturated carbocycles. The van der Waals surface area contributed by atoms with Crippen molar-refractivity contribution in [3.05, 3.63) is 127 Å². The van der Waals surface area contributed by atoms with Crippen molar-refractivity contribution in [3.63, 3.8) is 0 Å². The first-order valence-corrected chi connectivity index (χ1v) is 12.2. The average Bonchev–Trinajstić information content (AvgIpc) is 2.96. The van der Waals surface area contributed by atoms with E-state index in [1.165, 1.54) is 37.9 Å². The van der Waals surface area contributed by atoms with E-state index in [1.54, 1.807) is 0 Å². The van der Waals surface area contributed by atoms with Gasteiger partial charge in [-0.1, -0.05) is 121 Å². The van der Waals surface area contributed by atoms with Crippen molar-refractivity contribution in [2.24, 2.45) is 5.84 Å². The van der Waals surface area contributed by atoms with Gasteiger partial charge in [0.25, 0.3) is 0 Å². The van der Waals surface area contributed by atoms with Gasteiger partial charge in [-0.05, 0) is 60.5 Å². The molecule has 0 atom stereocenters. The largest absolute Gasteiger partial charge is 0.323 e. The Morgan fingerprint density at radius 1 is 0.444 bits per heavy atom. The van der Waals surface area contributed by atoms with Crippen LogP contribution in [0.3, 0.4) is 0 Å². The highest BCUT2D eigenvalue weighted by molar-refractivity contribution is 6.26. The van der Waals surface area contributed by atoms with Gasteiger partial charge in [-0.3, -0.25) is 5.84 Å². The highest BCUT2D eigenvalue weighted by Gasteiger charge is 2.18. The lowest BCUT2D eigenvalue weighted by atomic mass is 9.87. The number of hydrogen-bond donors (Lipinski definition) is 2. The maximum absolute atomic E-state index is 6.33. The highest BCUT2D eigenvalue weighted by atomic mass is 15.2. The monoisotopic (exact) mass is 460 g/mol. The quantitative estimate of drug-likeness (QED) is 0.157. The van der Waals surface area contributed by atoms with Crippen LogP contribution in [-0.4, -0.2) is 0 Å². The normalized spacial score (nSPS) is 11.5. The summed E-state index contributed by atoms with van der Waals surface area (Å²) in [4.78, 5) is 0. The summed E-state index contributed by atoms with van der Waals surface area (Å²) in [6.07, 6.45) is 0. The number of nitrogens with two attached hydrogens (primary N) is 1. The first kappa shape index (κ1) is 20.7. The standard InChI is InChI=1S/C34H24N2/c35-36-34-32(24-12-5-2-6-13-24)31(22-9-3-1-4-10-22)21-25-16-18-29-28-17-15-23-11-7-8-14-26(23)27(28)19-20-30(29)33(25)34/h1-21,36H,35H2. The average molecular weight is 461 g/mol. The van der Waals surface area contributed by atoms with Gasteiger partial charge in [0, 0.05) is 10.9 Å². The van der Waals surface area contributed by atoms with E-state index in [0.29, 0.717) is 0 Å². The fraction of sp³-hybridized carbons (Fsp3) is 0. The summed E-state index contributed by atoms with van der Waals surface area (Å²) in [5.74, 6) is 6.33. The van der Waals surface area contributed by atoms with Crippen molar-refractivity contribution in [3.8, 4) is 22.3 Å². The first-order chi connectivity index (χ1) is 17.8. The second-order valence-corrected chi connectivity index (χ2v) is 9.26. The molecule has 0 aromatic heterocycles. The van der Waals surface area contributed by atoms with Crippen molar-refractivity contribution in [1.82, 2.24) is 0 Å². The smallest absolute Gasteiger partial charge is 0.0654 e. The second-order valence-electron chi connectivity index (χ2n) is 9.26. The maximum atomic E-state index is 6.33. The Morgan fingerprint density at radius 2 is 1.00 bits per heavy atom. The third-order valence-corrected chi connectivity index (χ3v) is 7.32. The molecule has 0 aliphatic rings. The molecule has 7 aromatic rings. The fourth-order valence-electron chi connectivity index (χ4n) is 5.70. The van der Waals surface area contributed by atoms with Crippen molar-refractivity contribution in [1.29, 1.82) is 0 Å². The number of anilines is 1. The SMILES string of the molecule is NNc1c(-c2ccccc2)c(-c2ccccc2)cc2ccc3c4ccc5ccccc5c4ccc3c12. The van der Waals surface area contributed by atoms with Crippen molar-refractivity contribution in [2.75, 3.05) is 5.43 Å². The molecule has 0 bridgehead atoms. The van der Waals surface area contributed by atoms with E-state index < -0.39 is 0 Å². The first-order valence-electron chi connectivity index (χ1n) is 12.2. The molecule has 7 aromatic carbocycles. The van der Waals surface area contributed by atoms with Gasteiger partial charge in [0.05, 0.1) is 5.69 Å². The van der Waals surface area contributed by atoms with Crippen molar-refractivity contribution < 1.29 is 0 Å². The van der Waals surface area contributed by atoms with E-state index in [9.17, 15) is 0 Å². The van der Waals surface area contributed by atoms with E-state index in [0.717, 1.165) is 33.2 Å². The zero-order valence-electron chi connectivity index (χ0n) is 19.7. The number of nitrogen functional groups attached to an aromatic ring is 1. The summed E-state index contributed by atoms with van der Waals surface area (Å²) in [6.45, 7) is 0. The molecule has 0 unspecified atom stereocenters. The minimum Gasteiger partial charge on any atom is -0.323 e. The van der Waals surface area contributed by atoms with Gasteiger partial charge in [-0.25, -0.2) is 0 Å². The van der Waals surface area contributed by atoms with Crippen LogP contribution in [0.1, 0.15) is 0 Å². The molecule has 170 valence electrons. The lowest BCUT2D eigenvalue weighted by Crippen LogP contribution is -2.09. The number of rotatable bonds is 3. The molecule has 3 N–H and O–H groups in total. The minimum absolute atomic E-state index is 0.947. The molecule has 0 fully saturated rings. The lowest BCUT2D eigenvalue weighted by molar-refractivity contribution is 1.37. The van der Waals surface area contributed by atoms with Crippen LogP contribution in [0.15, 0.2) is 127 Å². The topological polar surface area (TPSA) is 38.0 Å². The molecular formula is C34H24N2. The van der Waals surface area contributed by atoms with Gasteiger partial charge in [0.2, 0.25) is 0 Å². The zero-order valence-corrected chi connectivity index (χ0v) is 19.7. The van der Waals surface area contributed by atoms with E-state index in [4.69, 9.17) is 5.84 Å². The number of hydrazine groups is 1. The van der Waals surface area contributed by atoms with Gasteiger partial charge in [-0.15, -0.1) is 0 Å². The highest BCUT2D eigenvalue weighted by Crippen LogP contribution is 2.46. The molecule has 2 nitrogen and oxygen atoms in total. The molecule has 0 aliphatic heterocycles. The van der Waals surface area contributed by atoms with Crippen LogP contribution in [0.5, 0.6) is 0 Å². The molecule has 0 radical (unpaired) electrons. The summed E-state index contributed by atoms with van der Waals surface area (Å²) in [6, 6.07) is 45.4. The van der Waals surface area contributed by atoms with Crippen LogP contribution < -0.4 is 11.3 Å². The Kier molecular flexibility index (Phi) is 4.73. The Hall–Kier alpha value is -4.66. The fourth-order valence-corrected chi connectivity index (χ4v) is 5.70. The third kappa shape index (κ3) is 3.09.